The van der Waals surface area contributed by atoms with Gasteiger partial charge in [0.15, 0.2) is 0 Å². The molecule has 1 heterocycles. The van der Waals surface area contributed by atoms with Gasteiger partial charge in [-0.1, -0.05) is 30.3 Å². The average molecular weight is 312 g/mol. The smallest absolute Gasteiger partial charge is 0.337 e. The first-order valence-electron chi connectivity index (χ1n) is 7.10. The number of carbonyl (C=O) groups excluding carboxylic acids is 2. The summed E-state index contributed by atoms with van der Waals surface area (Å²) in [6.07, 6.45) is 0. The van der Waals surface area contributed by atoms with Gasteiger partial charge in [-0.15, -0.1) is 0 Å². The molecule has 0 radical (unpaired) electrons. The van der Waals surface area contributed by atoms with Crippen molar-refractivity contribution in [1.82, 2.24) is 10.6 Å². The summed E-state index contributed by atoms with van der Waals surface area (Å²) in [7, 11) is 1.28. The van der Waals surface area contributed by atoms with E-state index in [2.05, 4.69) is 10.6 Å². The van der Waals surface area contributed by atoms with Crippen LogP contribution < -0.4 is 10.6 Å². The van der Waals surface area contributed by atoms with E-state index in [4.69, 9.17) is 4.74 Å². The lowest BCUT2D eigenvalue weighted by molar-refractivity contribution is -0.136. The number of hydrogen-bond acceptors (Lipinski definition) is 4. The Morgan fingerprint density at radius 3 is 2.70 bits per heavy atom. The lowest BCUT2D eigenvalue weighted by Gasteiger charge is -2.29. The van der Waals surface area contributed by atoms with Crippen molar-refractivity contribution < 1.29 is 19.4 Å². The molecule has 1 aliphatic rings. The maximum Gasteiger partial charge on any atom is 0.337 e. The minimum atomic E-state index is -0.790. The number of aromatic hydroxyl groups is 1. The molecule has 3 rings (SSSR count). The van der Waals surface area contributed by atoms with Gasteiger partial charge in [0.1, 0.15) is 5.75 Å². The minimum Gasteiger partial charge on any atom is -0.508 e. The van der Waals surface area contributed by atoms with Crippen LogP contribution in [0.1, 0.15) is 18.5 Å². The van der Waals surface area contributed by atoms with E-state index in [9.17, 15) is 14.7 Å². The summed E-state index contributed by atoms with van der Waals surface area (Å²) in [5.74, 6) is -0.558. The van der Waals surface area contributed by atoms with Gasteiger partial charge in [-0.25, -0.2) is 9.59 Å². The van der Waals surface area contributed by atoms with Crippen molar-refractivity contribution in [2.45, 2.75) is 13.0 Å². The Hall–Kier alpha value is -3.02. The molecule has 0 aliphatic carbocycles. The number of benzene rings is 2. The number of methoxy groups -OCH3 is 1. The van der Waals surface area contributed by atoms with E-state index >= 15 is 0 Å². The summed E-state index contributed by atoms with van der Waals surface area (Å²) in [5.41, 5.74) is 1.13. The molecule has 1 aliphatic heterocycles. The molecular formula is C17H16N2O4. The van der Waals surface area contributed by atoms with Crippen LogP contribution in [0.25, 0.3) is 10.8 Å². The number of amides is 2. The highest BCUT2D eigenvalue weighted by atomic mass is 16.5. The highest BCUT2D eigenvalue weighted by molar-refractivity contribution is 5.98. The van der Waals surface area contributed by atoms with Crippen molar-refractivity contribution >= 4 is 22.8 Å². The summed E-state index contributed by atoms with van der Waals surface area (Å²) in [6.45, 7) is 1.63. The Bertz CT molecular complexity index is 842. The number of nitrogens with one attached hydrogen (secondary N) is 2. The number of hydrogen-bond donors (Lipinski definition) is 3. The molecule has 2 aromatic rings. The van der Waals surface area contributed by atoms with Gasteiger partial charge in [-0.3, -0.25) is 0 Å². The number of rotatable bonds is 2. The van der Waals surface area contributed by atoms with Gasteiger partial charge in [0.25, 0.3) is 0 Å². The van der Waals surface area contributed by atoms with Crippen LogP contribution in [-0.2, 0) is 9.53 Å². The van der Waals surface area contributed by atoms with Gasteiger partial charge in [0.05, 0.1) is 18.7 Å². The number of urea groups is 1. The average Bonchev–Trinajstić information content (AvgIpc) is 2.53. The fourth-order valence-corrected chi connectivity index (χ4v) is 2.88. The first kappa shape index (κ1) is 14.9. The lowest BCUT2D eigenvalue weighted by atomic mass is 9.90. The second kappa shape index (κ2) is 5.64. The van der Waals surface area contributed by atoms with E-state index in [0.717, 1.165) is 10.8 Å². The Kier molecular flexibility index (Phi) is 3.65. The highest BCUT2D eigenvalue weighted by Gasteiger charge is 2.34. The quantitative estimate of drug-likeness (QED) is 0.743. The zero-order valence-corrected chi connectivity index (χ0v) is 12.7. The third-order valence-electron chi connectivity index (χ3n) is 3.91. The summed E-state index contributed by atoms with van der Waals surface area (Å²) >= 11 is 0. The molecule has 0 saturated heterocycles. The third-order valence-corrected chi connectivity index (χ3v) is 3.91. The Balaban J connectivity index is 2.27. The predicted octanol–water partition coefficient (Wildman–Crippen LogP) is 2.35. The molecule has 6 heteroatoms. The summed E-state index contributed by atoms with van der Waals surface area (Å²) in [4.78, 5) is 24.0. The van der Waals surface area contributed by atoms with Crippen LogP contribution in [-0.4, -0.2) is 24.2 Å². The molecule has 1 atom stereocenters. The zero-order valence-electron chi connectivity index (χ0n) is 12.7. The zero-order chi connectivity index (χ0) is 16.6. The van der Waals surface area contributed by atoms with Crippen LogP contribution in [0, 0.1) is 0 Å². The Labute approximate surface area is 132 Å². The summed E-state index contributed by atoms with van der Waals surface area (Å²) in [6, 6.07) is 9.56. The van der Waals surface area contributed by atoms with Crippen molar-refractivity contribution in [3.8, 4) is 5.75 Å². The molecule has 2 amide bonds. The maximum absolute atomic E-state index is 12.2. The molecule has 0 saturated carbocycles. The van der Waals surface area contributed by atoms with Crippen LogP contribution in [0.15, 0.2) is 47.7 Å². The topological polar surface area (TPSA) is 87.7 Å². The van der Waals surface area contributed by atoms with E-state index in [1.54, 1.807) is 19.1 Å². The van der Waals surface area contributed by atoms with Gasteiger partial charge in [-0.2, -0.15) is 0 Å². The number of esters is 1. The monoisotopic (exact) mass is 312 g/mol. The number of fused-ring (bicyclic) bond motifs is 1. The largest absolute Gasteiger partial charge is 0.508 e. The standard InChI is InChI=1S/C17H16N2O4/c1-9-13(16(21)23-2)15(19-17(22)18-9)14-11-6-4-3-5-10(11)7-8-12(14)20/h3-8,15,20H,1-2H3,(H2,18,19,22)/t15-/m0/s1. The normalized spacial score (nSPS) is 17.7. The second-order valence-corrected chi connectivity index (χ2v) is 5.28. The summed E-state index contributed by atoms with van der Waals surface area (Å²) < 4.78 is 4.83. The number of phenols is 1. The second-order valence-electron chi connectivity index (χ2n) is 5.28. The Morgan fingerprint density at radius 2 is 1.96 bits per heavy atom. The van der Waals surface area contributed by atoms with Crippen LogP contribution in [0.4, 0.5) is 4.79 Å². The molecule has 2 aromatic carbocycles. The Morgan fingerprint density at radius 1 is 1.22 bits per heavy atom. The van der Waals surface area contributed by atoms with Gasteiger partial charge in [0.2, 0.25) is 0 Å². The molecule has 0 unspecified atom stereocenters. The molecule has 0 fully saturated rings. The fourth-order valence-electron chi connectivity index (χ4n) is 2.88. The number of allylic oxidation sites excluding steroid dienone is 1. The van der Waals surface area contributed by atoms with Crippen LogP contribution in [0.2, 0.25) is 0 Å². The molecule has 0 aromatic heterocycles. The van der Waals surface area contributed by atoms with Crippen LogP contribution in [0.3, 0.4) is 0 Å². The maximum atomic E-state index is 12.2. The van der Waals surface area contributed by atoms with Crippen molar-refractivity contribution in [3.63, 3.8) is 0 Å². The van der Waals surface area contributed by atoms with E-state index in [1.807, 2.05) is 24.3 Å². The van der Waals surface area contributed by atoms with Crippen molar-refractivity contribution in [2.24, 2.45) is 0 Å². The first-order chi connectivity index (χ1) is 11.0. The molecule has 6 nitrogen and oxygen atoms in total. The third kappa shape index (κ3) is 2.48. The van der Waals surface area contributed by atoms with Crippen LogP contribution in [0.5, 0.6) is 5.75 Å². The number of carbonyl (C=O) groups is 2. The first-order valence-corrected chi connectivity index (χ1v) is 7.10. The van der Waals surface area contributed by atoms with Crippen molar-refractivity contribution in [2.75, 3.05) is 7.11 Å². The van der Waals surface area contributed by atoms with Crippen molar-refractivity contribution in [1.29, 1.82) is 0 Å². The SMILES string of the molecule is COC(=O)C1=C(C)NC(=O)N[C@@H]1c1c(O)ccc2ccccc12. The lowest BCUT2D eigenvalue weighted by Crippen LogP contribution is -2.45. The van der Waals surface area contributed by atoms with Crippen molar-refractivity contribution in [3.05, 3.63) is 53.2 Å². The van der Waals surface area contributed by atoms with E-state index < -0.39 is 18.0 Å². The molecule has 0 spiro atoms. The van der Waals surface area contributed by atoms with Gasteiger partial charge in [-0.05, 0) is 23.8 Å². The van der Waals surface area contributed by atoms with Crippen LogP contribution >= 0.6 is 0 Å². The minimum absolute atomic E-state index is 0.00473. The highest BCUT2D eigenvalue weighted by Crippen LogP contribution is 2.37. The predicted molar refractivity (Wildman–Crippen MR) is 84.7 cm³/mol. The van der Waals surface area contributed by atoms with Gasteiger partial charge >= 0.3 is 12.0 Å². The van der Waals surface area contributed by atoms with Gasteiger partial charge < -0.3 is 20.5 Å². The molecular weight excluding hydrogens is 296 g/mol. The fraction of sp³-hybridized carbons (Fsp3) is 0.176. The molecule has 23 heavy (non-hydrogen) atoms. The van der Waals surface area contributed by atoms with E-state index in [1.165, 1.54) is 7.11 Å². The number of ether oxygens (including phenoxy) is 1. The molecule has 3 N–H and O–H groups in total. The summed E-state index contributed by atoms with van der Waals surface area (Å²) in [5, 5.41) is 17.3. The molecule has 0 bridgehead atoms. The molecule has 118 valence electrons. The number of phenolic OH excluding ortho intramolecular Hbond substituents is 1. The van der Waals surface area contributed by atoms with E-state index in [0.29, 0.717) is 11.3 Å². The van der Waals surface area contributed by atoms with E-state index in [-0.39, 0.29) is 11.3 Å². The van der Waals surface area contributed by atoms with Gasteiger partial charge in [0, 0.05) is 11.3 Å².